The van der Waals surface area contributed by atoms with Crippen molar-refractivity contribution in [3.05, 3.63) is 71.1 Å². The van der Waals surface area contributed by atoms with E-state index in [0.717, 1.165) is 48.6 Å². The minimum absolute atomic E-state index is 0.252. The maximum Gasteiger partial charge on any atom is 0.348 e. The minimum atomic E-state index is -0.525. The highest BCUT2D eigenvalue weighted by Crippen LogP contribution is 2.33. The molecule has 1 aliphatic rings. The van der Waals surface area contributed by atoms with Crippen LogP contribution in [0.3, 0.4) is 0 Å². The van der Waals surface area contributed by atoms with Crippen LogP contribution in [-0.2, 0) is 0 Å². The van der Waals surface area contributed by atoms with Gasteiger partial charge in [-0.3, -0.25) is 9.99 Å². The number of likely N-dealkylation sites (N-methyl/N-ethyl adjacent to an activating group) is 1. The van der Waals surface area contributed by atoms with E-state index in [2.05, 4.69) is 37.2 Å². The molecule has 3 heterocycles. The molecule has 9 nitrogen and oxygen atoms in total. The Hall–Kier alpha value is -4.11. The number of rotatable bonds is 4. The van der Waals surface area contributed by atoms with Crippen molar-refractivity contribution >= 4 is 22.5 Å². The number of nitrogens with one attached hydrogen (secondary N) is 1. The molecule has 4 aromatic rings. The Kier molecular flexibility index (Phi) is 5.54. The second-order valence-corrected chi connectivity index (χ2v) is 8.07. The van der Waals surface area contributed by atoms with Crippen molar-refractivity contribution in [3.8, 4) is 22.4 Å². The van der Waals surface area contributed by atoms with Crippen LogP contribution in [0, 0.1) is 0 Å². The first-order chi connectivity index (χ1) is 16.1. The van der Waals surface area contributed by atoms with Crippen LogP contribution in [0.25, 0.3) is 33.4 Å². The molecule has 0 unspecified atom stereocenters. The van der Waals surface area contributed by atoms with E-state index in [0.29, 0.717) is 16.7 Å². The molecular formula is C24H24N8O. The Morgan fingerprint density at radius 1 is 0.939 bits per heavy atom. The molecule has 0 spiro atoms. The molecule has 5 rings (SSSR count). The normalized spacial score (nSPS) is 14.9. The summed E-state index contributed by atoms with van der Waals surface area (Å²) >= 11 is 0. The quantitative estimate of drug-likeness (QED) is 0.470. The smallest absolute Gasteiger partial charge is 0.348 e. The third-order valence-corrected chi connectivity index (χ3v) is 5.73. The molecule has 9 heteroatoms. The highest BCUT2D eigenvalue weighted by molar-refractivity contribution is 6.00. The molecule has 0 radical (unpaired) electrons. The van der Waals surface area contributed by atoms with E-state index in [4.69, 9.17) is 5.73 Å². The van der Waals surface area contributed by atoms with E-state index in [1.807, 2.05) is 65.7 Å². The Morgan fingerprint density at radius 2 is 1.67 bits per heavy atom. The second-order valence-electron chi connectivity index (χ2n) is 8.07. The predicted octanol–water partition coefficient (Wildman–Crippen LogP) is 3.48. The maximum absolute atomic E-state index is 11.9. The highest BCUT2D eigenvalue weighted by atomic mass is 16.1. The summed E-state index contributed by atoms with van der Waals surface area (Å²) in [6.45, 7) is 3.71. The number of aromatic amines is 1. The number of nitrogens with zero attached hydrogens (tertiary/aromatic N) is 6. The van der Waals surface area contributed by atoms with E-state index in [9.17, 15) is 4.79 Å². The standard InChI is InChI=1S/C24H24N8O/c1-31-11-13-32(14-12-31)30-29-18-9-7-17(8-10-18)20-15-19(16-5-3-2-4-6-16)21-22(25)27-24(33)28-23(21)26-20/h2-10,15H,11-14H2,1H3,(H3,25,26,27,28,33). The lowest BCUT2D eigenvalue weighted by molar-refractivity contribution is 0.150. The van der Waals surface area contributed by atoms with Gasteiger partial charge in [0.05, 0.1) is 29.9 Å². The molecule has 1 aliphatic heterocycles. The number of anilines is 1. The average Bonchev–Trinajstić information content (AvgIpc) is 2.83. The number of aromatic nitrogens is 3. The van der Waals surface area contributed by atoms with Gasteiger partial charge in [-0.15, -0.1) is 5.11 Å². The van der Waals surface area contributed by atoms with E-state index in [1.165, 1.54) is 0 Å². The zero-order valence-electron chi connectivity index (χ0n) is 18.3. The molecular weight excluding hydrogens is 416 g/mol. The van der Waals surface area contributed by atoms with Gasteiger partial charge in [-0.2, -0.15) is 4.98 Å². The SMILES string of the molecule is CN1CCN(N=Nc2ccc(-c3cc(-c4ccccc4)c4c(N)[nH]c(=O)nc4n3)cc2)CC1. The summed E-state index contributed by atoms with van der Waals surface area (Å²) in [5, 5.41) is 11.3. The van der Waals surface area contributed by atoms with Crippen molar-refractivity contribution in [3.63, 3.8) is 0 Å². The largest absolute Gasteiger partial charge is 0.385 e. The van der Waals surface area contributed by atoms with Gasteiger partial charge in [-0.05, 0) is 36.4 Å². The summed E-state index contributed by atoms with van der Waals surface area (Å²) < 4.78 is 0. The molecule has 0 bridgehead atoms. The van der Waals surface area contributed by atoms with Crippen molar-refractivity contribution < 1.29 is 0 Å². The molecule has 2 aromatic carbocycles. The van der Waals surface area contributed by atoms with Gasteiger partial charge in [-0.1, -0.05) is 47.7 Å². The highest BCUT2D eigenvalue weighted by Gasteiger charge is 2.15. The zero-order chi connectivity index (χ0) is 22.8. The van der Waals surface area contributed by atoms with Crippen LogP contribution >= 0.6 is 0 Å². The molecule has 0 aliphatic carbocycles. The lowest BCUT2D eigenvalue weighted by Crippen LogP contribution is -2.41. The summed E-state index contributed by atoms with van der Waals surface area (Å²) in [7, 11) is 2.11. The van der Waals surface area contributed by atoms with Gasteiger partial charge in [0.15, 0.2) is 5.65 Å². The first-order valence-electron chi connectivity index (χ1n) is 10.8. The zero-order valence-corrected chi connectivity index (χ0v) is 18.3. The molecule has 1 fully saturated rings. The monoisotopic (exact) mass is 440 g/mol. The van der Waals surface area contributed by atoms with Gasteiger partial charge >= 0.3 is 5.69 Å². The summed E-state index contributed by atoms with van der Waals surface area (Å²) in [5.41, 5.74) is 10.1. The van der Waals surface area contributed by atoms with Crippen molar-refractivity contribution in [2.45, 2.75) is 0 Å². The first-order valence-corrected chi connectivity index (χ1v) is 10.8. The summed E-state index contributed by atoms with van der Waals surface area (Å²) in [6.07, 6.45) is 0. The topological polar surface area (TPSA) is 116 Å². The molecule has 166 valence electrons. The summed E-state index contributed by atoms with van der Waals surface area (Å²) in [4.78, 5) is 25.5. The third-order valence-electron chi connectivity index (χ3n) is 5.73. The number of benzene rings is 2. The number of nitrogens with two attached hydrogens (primary N) is 1. The third kappa shape index (κ3) is 4.44. The molecule has 0 saturated carbocycles. The van der Waals surface area contributed by atoms with Crippen molar-refractivity contribution in [2.24, 2.45) is 10.3 Å². The van der Waals surface area contributed by atoms with E-state index in [-0.39, 0.29) is 5.82 Å². The van der Waals surface area contributed by atoms with Gasteiger partial charge in [-0.25, -0.2) is 9.78 Å². The second kappa shape index (κ2) is 8.79. The fourth-order valence-corrected chi connectivity index (χ4v) is 3.87. The number of H-pyrrole nitrogens is 1. The Bertz CT molecular complexity index is 1360. The van der Waals surface area contributed by atoms with Crippen molar-refractivity contribution in [1.82, 2.24) is 24.9 Å². The lowest BCUT2D eigenvalue weighted by Gasteiger charge is -2.29. The molecule has 1 saturated heterocycles. The number of nitrogen functional groups attached to an aromatic ring is 1. The van der Waals surface area contributed by atoms with Gasteiger partial charge in [0, 0.05) is 18.7 Å². The fourth-order valence-electron chi connectivity index (χ4n) is 3.87. The number of piperazine rings is 1. The number of hydrogen-bond acceptors (Lipinski definition) is 7. The molecule has 0 amide bonds. The molecule has 0 atom stereocenters. The van der Waals surface area contributed by atoms with Crippen LogP contribution in [0.2, 0.25) is 0 Å². The van der Waals surface area contributed by atoms with E-state index >= 15 is 0 Å². The Labute approximate surface area is 190 Å². The van der Waals surface area contributed by atoms with Gasteiger partial charge in [0.2, 0.25) is 0 Å². The average molecular weight is 441 g/mol. The molecule has 2 aromatic heterocycles. The van der Waals surface area contributed by atoms with Gasteiger partial charge in [0.1, 0.15) is 5.82 Å². The fraction of sp³-hybridized carbons (Fsp3) is 0.208. The molecule has 3 N–H and O–H groups in total. The van der Waals surface area contributed by atoms with Gasteiger partial charge in [0.25, 0.3) is 0 Å². The van der Waals surface area contributed by atoms with Crippen LogP contribution in [-0.4, -0.2) is 58.1 Å². The van der Waals surface area contributed by atoms with Crippen molar-refractivity contribution in [2.75, 3.05) is 39.0 Å². The van der Waals surface area contributed by atoms with E-state index in [1.54, 1.807) is 0 Å². The van der Waals surface area contributed by atoms with E-state index < -0.39 is 5.69 Å². The van der Waals surface area contributed by atoms with Crippen LogP contribution < -0.4 is 11.4 Å². The number of fused-ring (bicyclic) bond motifs is 1. The van der Waals surface area contributed by atoms with Crippen LogP contribution in [0.15, 0.2) is 75.8 Å². The Morgan fingerprint density at radius 3 is 2.39 bits per heavy atom. The first kappa shape index (κ1) is 20.8. The predicted molar refractivity (Wildman–Crippen MR) is 129 cm³/mol. The molecule has 33 heavy (non-hydrogen) atoms. The lowest BCUT2D eigenvalue weighted by atomic mass is 10.00. The summed E-state index contributed by atoms with van der Waals surface area (Å²) in [6, 6.07) is 19.5. The number of hydrogen-bond donors (Lipinski definition) is 2. The van der Waals surface area contributed by atoms with Crippen LogP contribution in [0.5, 0.6) is 0 Å². The maximum atomic E-state index is 11.9. The number of pyridine rings is 1. The Balaban J connectivity index is 1.50. The summed E-state index contributed by atoms with van der Waals surface area (Å²) in [5.74, 6) is 0.252. The van der Waals surface area contributed by atoms with Crippen LogP contribution in [0.1, 0.15) is 0 Å². The minimum Gasteiger partial charge on any atom is -0.385 e. The van der Waals surface area contributed by atoms with Gasteiger partial charge < -0.3 is 10.6 Å². The van der Waals surface area contributed by atoms with Crippen molar-refractivity contribution in [1.29, 1.82) is 0 Å². The van der Waals surface area contributed by atoms with Crippen LogP contribution in [0.4, 0.5) is 11.5 Å².